The van der Waals surface area contributed by atoms with Crippen molar-refractivity contribution in [3.63, 3.8) is 0 Å². The Kier molecular flexibility index (Phi) is 11.4. The Morgan fingerprint density at radius 2 is 1.87 bits per heavy atom. The molecule has 1 aromatic carbocycles. The molecule has 1 aromatic heterocycles. The summed E-state index contributed by atoms with van der Waals surface area (Å²) in [5, 5.41) is 16.7. The molecule has 2 rings (SSSR count). The predicted octanol–water partition coefficient (Wildman–Crippen LogP) is 2.83. The maximum absolute atomic E-state index is 12.0. The first-order valence-corrected chi connectivity index (χ1v) is 10.7. The molecule has 31 heavy (non-hydrogen) atoms. The lowest BCUT2D eigenvalue weighted by Gasteiger charge is -2.07. The molecule has 0 spiro atoms. The van der Waals surface area contributed by atoms with Crippen LogP contribution >= 0.6 is 11.3 Å². The molecule has 0 aliphatic carbocycles. The number of rotatable bonds is 16. The predicted molar refractivity (Wildman–Crippen MR) is 117 cm³/mol. The van der Waals surface area contributed by atoms with Crippen molar-refractivity contribution in [1.82, 2.24) is 5.32 Å². The zero-order valence-electron chi connectivity index (χ0n) is 17.1. The summed E-state index contributed by atoms with van der Waals surface area (Å²) in [6, 6.07) is 4.91. The average Bonchev–Trinajstić information content (AvgIpc) is 3.21. The van der Waals surface area contributed by atoms with Gasteiger partial charge in [-0.3, -0.25) is 9.59 Å². The molecule has 0 aliphatic heterocycles. The molecule has 11 heteroatoms. The minimum Gasteiger partial charge on any atom is -0.507 e. The molecule has 1 amide bonds. The fourth-order valence-corrected chi connectivity index (χ4v) is 3.83. The first-order valence-electron chi connectivity index (χ1n) is 9.86. The van der Waals surface area contributed by atoms with E-state index in [9.17, 15) is 14.7 Å². The normalized spacial score (nSPS) is 10.7. The minimum absolute atomic E-state index is 0.0879. The molecular weight excluding hydrogens is 424 g/mol. The smallest absolute Gasteiger partial charge is 0.220 e. The summed E-state index contributed by atoms with van der Waals surface area (Å²) in [4.78, 5) is 26.7. The number of phenolic OH excluding ortho intramolecular Hbond substituents is 1. The number of carbonyl (C=O) groups excluding carboxylic acids is 2. The fraction of sp³-hybridized carbons (Fsp3) is 0.500. The van der Waals surface area contributed by atoms with Crippen LogP contribution in [0.3, 0.4) is 0 Å². The van der Waals surface area contributed by atoms with Gasteiger partial charge in [0, 0.05) is 44.9 Å². The van der Waals surface area contributed by atoms with E-state index < -0.39 is 0 Å². The lowest BCUT2D eigenvalue weighted by molar-refractivity contribution is -0.121. The summed E-state index contributed by atoms with van der Waals surface area (Å²) >= 11 is 1.41. The number of phenols is 1. The third-order valence-electron chi connectivity index (χ3n) is 4.18. The van der Waals surface area contributed by atoms with E-state index in [0.717, 1.165) is 15.9 Å². The number of aryl methyl sites for hydroxylation is 1. The molecule has 168 valence electrons. The van der Waals surface area contributed by atoms with Gasteiger partial charge < -0.3 is 24.6 Å². The average molecular weight is 451 g/mol. The summed E-state index contributed by atoms with van der Waals surface area (Å²) in [5.41, 5.74) is 8.64. The molecule has 0 saturated heterocycles. The van der Waals surface area contributed by atoms with Crippen molar-refractivity contribution in [3.05, 3.63) is 39.1 Å². The fourth-order valence-electron chi connectivity index (χ4n) is 2.68. The van der Waals surface area contributed by atoms with E-state index in [-0.39, 0.29) is 11.7 Å². The molecule has 0 bridgehead atoms. The molecule has 0 aliphatic rings. The van der Waals surface area contributed by atoms with Gasteiger partial charge in [0.15, 0.2) is 6.29 Å². The molecule has 1 heterocycles. The Morgan fingerprint density at radius 3 is 2.58 bits per heavy atom. The van der Waals surface area contributed by atoms with Crippen LogP contribution in [0.15, 0.2) is 23.3 Å². The van der Waals surface area contributed by atoms with Gasteiger partial charge in [0.05, 0.1) is 39.6 Å². The van der Waals surface area contributed by atoms with Crippen LogP contribution in [0, 0.1) is 0 Å². The molecule has 0 saturated carbocycles. The van der Waals surface area contributed by atoms with Gasteiger partial charge >= 0.3 is 0 Å². The summed E-state index contributed by atoms with van der Waals surface area (Å²) in [7, 11) is 0. The van der Waals surface area contributed by atoms with Gasteiger partial charge in [-0.15, -0.1) is 11.3 Å². The second-order valence-electron chi connectivity index (χ2n) is 6.39. The van der Waals surface area contributed by atoms with Crippen molar-refractivity contribution < 1.29 is 28.9 Å². The Balaban J connectivity index is 1.51. The summed E-state index contributed by atoms with van der Waals surface area (Å²) in [6.07, 6.45) is 1.61. The van der Waals surface area contributed by atoms with Gasteiger partial charge in [-0.1, -0.05) is 5.11 Å². The molecule has 0 fully saturated rings. The van der Waals surface area contributed by atoms with E-state index in [0.29, 0.717) is 76.5 Å². The highest BCUT2D eigenvalue weighted by atomic mass is 32.1. The number of hydrogen-bond acceptors (Lipinski definition) is 8. The minimum atomic E-state index is -0.0879. The van der Waals surface area contributed by atoms with Gasteiger partial charge in [0.2, 0.25) is 5.91 Å². The van der Waals surface area contributed by atoms with Crippen LogP contribution in [0.4, 0.5) is 0 Å². The van der Waals surface area contributed by atoms with Gasteiger partial charge in [-0.25, -0.2) is 0 Å². The molecule has 0 atom stereocenters. The Labute approximate surface area is 183 Å². The first-order chi connectivity index (χ1) is 15.2. The van der Waals surface area contributed by atoms with Gasteiger partial charge in [-0.2, -0.15) is 0 Å². The number of ether oxygens (including phenoxy) is 3. The lowest BCUT2D eigenvalue weighted by atomic mass is 10.1. The van der Waals surface area contributed by atoms with Gasteiger partial charge in [0.1, 0.15) is 5.75 Å². The topological polar surface area (TPSA) is 143 Å². The van der Waals surface area contributed by atoms with Crippen molar-refractivity contribution in [1.29, 1.82) is 0 Å². The van der Waals surface area contributed by atoms with Gasteiger partial charge in [-0.05, 0) is 30.2 Å². The number of aldehydes is 1. The second kappa shape index (κ2) is 14.3. The number of benzene rings is 1. The molecule has 10 nitrogen and oxygen atoms in total. The Morgan fingerprint density at radius 1 is 1.16 bits per heavy atom. The highest BCUT2D eigenvalue weighted by molar-refractivity contribution is 7.19. The van der Waals surface area contributed by atoms with Crippen LogP contribution in [-0.2, 0) is 25.4 Å². The summed E-state index contributed by atoms with van der Waals surface area (Å²) in [5.74, 6) is 0.0431. The molecule has 2 N–H and O–H groups in total. The third kappa shape index (κ3) is 8.91. The van der Waals surface area contributed by atoms with E-state index in [1.165, 1.54) is 17.4 Å². The van der Waals surface area contributed by atoms with Crippen LogP contribution in [0.2, 0.25) is 0 Å². The zero-order valence-corrected chi connectivity index (χ0v) is 17.9. The SMILES string of the molecule is [N-]=[N+]=NCCOCCOCCOCCNC(=O)CCc1cc2c(O)ccc(C=O)c2s1. The monoisotopic (exact) mass is 450 g/mol. The number of thiophene rings is 1. The number of amides is 1. The number of hydrogen-bond donors (Lipinski definition) is 2. The maximum atomic E-state index is 12.0. The van der Waals surface area contributed by atoms with Crippen LogP contribution in [0.1, 0.15) is 21.7 Å². The number of nitrogens with one attached hydrogen (secondary N) is 1. The molecule has 0 radical (unpaired) electrons. The summed E-state index contributed by atoms with van der Waals surface area (Å²) in [6.45, 7) is 3.16. The van der Waals surface area contributed by atoms with Crippen LogP contribution in [0.5, 0.6) is 5.75 Å². The van der Waals surface area contributed by atoms with Crippen molar-refractivity contribution in [2.24, 2.45) is 5.11 Å². The van der Waals surface area contributed by atoms with Crippen molar-refractivity contribution in [3.8, 4) is 5.75 Å². The number of fused-ring (bicyclic) bond motifs is 1. The van der Waals surface area contributed by atoms with E-state index in [2.05, 4.69) is 15.3 Å². The van der Waals surface area contributed by atoms with Crippen LogP contribution in [0.25, 0.3) is 20.5 Å². The van der Waals surface area contributed by atoms with Crippen molar-refractivity contribution in [2.45, 2.75) is 12.8 Å². The Bertz CT molecular complexity index is 897. The molecular formula is C20H26N4O6S. The van der Waals surface area contributed by atoms with E-state index >= 15 is 0 Å². The first kappa shape index (κ1) is 24.6. The highest BCUT2D eigenvalue weighted by Crippen LogP contribution is 2.34. The molecule has 0 unspecified atom stereocenters. The zero-order chi connectivity index (χ0) is 22.3. The number of nitrogens with zero attached hydrogens (tertiary/aromatic N) is 3. The van der Waals surface area contributed by atoms with E-state index in [1.54, 1.807) is 6.07 Å². The second-order valence-corrected chi connectivity index (χ2v) is 7.53. The standard InChI is InChI=1S/C20H26N4O6S/c21-24-23-6-8-29-10-12-30-11-9-28-7-5-22-19(27)4-2-16-13-17-18(26)3-1-15(14-25)20(17)31-16/h1,3,13-14,26H,2,4-12H2,(H,22,27). The van der Waals surface area contributed by atoms with Gasteiger partial charge in [0.25, 0.3) is 0 Å². The Hall–Kier alpha value is -2.69. The van der Waals surface area contributed by atoms with E-state index in [4.69, 9.17) is 19.7 Å². The number of azide groups is 1. The van der Waals surface area contributed by atoms with Crippen LogP contribution in [-0.4, -0.2) is 70.0 Å². The molecule has 2 aromatic rings. The highest BCUT2D eigenvalue weighted by Gasteiger charge is 2.11. The largest absolute Gasteiger partial charge is 0.507 e. The van der Waals surface area contributed by atoms with E-state index in [1.807, 2.05) is 6.07 Å². The maximum Gasteiger partial charge on any atom is 0.220 e. The number of aromatic hydroxyl groups is 1. The number of carbonyl (C=O) groups is 2. The summed E-state index contributed by atoms with van der Waals surface area (Å²) < 4.78 is 16.6. The van der Waals surface area contributed by atoms with Crippen LogP contribution < -0.4 is 5.32 Å². The third-order valence-corrected chi connectivity index (χ3v) is 5.42. The quantitative estimate of drug-likeness (QED) is 0.132. The van der Waals surface area contributed by atoms with Crippen molar-refractivity contribution in [2.75, 3.05) is 52.7 Å². The van der Waals surface area contributed by atoms with Crippen molar-refractivity contribution >= 4 is 33.6 Å². The lowest BCUT2D eigenvalue weighted by Crippen LogP contribution is -2.27.